The Morgan fingerprint density at radius 2 is 1.94 bits per heavy atom. The highest BCUT2D eigenvalue weighted by Gasteiger charge is 2.33. The number of hydrogen-bond donors (Lipinski definition) is 1. The molecule has 2 rings (SSSR count). The van der Waals surface area contributed by atoms with Gasteiger partial charge in [0.25, 0.3) is 5.91 Å². The topological polar surface area (TPSA) is 40.5 Å². The van der Waals surface area contributed by atoms with Gasteiger partial charge >= 0.3 is 0 Å². The van der Waals surface area contributed by atoms with Crippen LogP contribution in [0.15, 0.2) is 29.2 Å². The molecule has 1 aliphatic rings. The quantitative estimate of drug-likeness (QED) is 0.667. The molecule has 18 heavy (non-hydrogen) atoms. The van der Waals surface area contributed by atoms with Crippen molar-refractivity contribution >= 4 is 40.3 Å². The van der Waals surface area contributed by atoms with Gasteiger partial charge in [0.05, 0.1) is 4.91 Å². The Labute approximate surface area is 115 Å². The molecular formula is C13H13NO2S2. The number of benzene rings is 1. The van der Waals surface area contributed by atoms with Gasteiger partial charge in [-0.05, 0) is 37.6 Å². The fourth-order valence-corrected chi connectivity index (χ4v) is 3.17. The van der Waals surface area contributed by atoms with Gasteiger partial charge in [-0.15, -0.1) is 0 Å². The van der Waals surface area contributed by atoms with E-state index in [9.17, 15) is 9.90 Å². The van der Waals surface area contributed by atoms with Crippen molar-refractivity contribution in [1.29, 1.82) is 0 Å². The predicted octanol–water partition coefficient (Wildman–Crippen LogP) is 3.00. The van der Waals surface area contributed by atoms with Crippen LogP contribution in [-0.2, 0) is 4.79 Å². The van der Waals surface area contributed by atoms with Gasteiger partial charge in [0.1, 0.15) is 10.1 Å². The maximum Gasteiger partial charge on any atom is 0.266 e. The number of aromatic hydroxyl groups is 1. The average Bonchev–Trinajstić information content (AvgIpc) is 2.57. The lowest BCUT2D eigenvalue weighted by atomic mass is 10.2. The first-order valence-electron chi connectivity index (χ1n) is 5.55. The van der Waals surface area contributed by atoms with Gasteiger partial charge in [-0.3, -0.25) is 9.69 Å². The fourth-order valence-electron chi connectivity index (χ4n) is 1.65. The van der Waals surface area contributed by atoms with Gasteiger partial charge in [-0.1, -0.05) is 36.1 Å². The maximum absolute atomic E-state index is 12.1. The molecule has 1 heterocycles. The monoisotopic (exact) mass is 279 g/mol. The molecule has 1 amide bonds. The molecule has 0 bridgehead atoms. The smallest absolute Gasteiger partial charge is 0.266 e. The number of thiocarbonyl (C=S) groups is 1. The number of nitrogens with zero attached hydrogens (tertiary/aromatic N) is 1. The van der Waals surface area contributed by atoms with Crippen LogP contribution in [0.3, 0.4) is 0 Å². The van der Waals surface area contributed by atoms with Crippen LogP contribution in [0.5, 0.6) is 5.75 Å². The Hall–Kier alpha value is -1.33. The van der Waals surface area contributed by atoms with Crippen LogP contribution < -0.4 is 0 Å². The van der Waals surface area contributed by atoms with Gasteiger partial charge in [0.15, 0.2) is 0 Å². The Morgan fingerprint density at radius 3 is 2.44 bits per heavy atom. The first-order chi connectivity index (χ1) is 8.49. The van der Waals surface area contributed by atoms with Gasteiger partial charge in [-0.25, -0.2) is 0 Å². The van der Waals surface area contributed by atoms with E-state index >= 15 is 0 Å². The molecule has 1 aliphatic heterocycles. The average molecular weight is 279 g/mol. The minimum Gasteiger partial charge on any atom is -0.508 e. The molecule has 0 unspecified atom stereocenters. The normalized spacial score (nSPS) is 18.2. The Balaban J connectivity index is 2.28. The molecule has 0 spiro atoms. The second-order valence-electron chi connectivity index (χ2n) is 4.24. The van der Waals surface area contributed by atoms with Crippen molar-refractivity contribution < 1.29 is 9.90 Å². The molecule has 1 saturated heterocycles. The molecular weight excluding hydrogens is 266 g/mol. The zero-order valence-electron chi connectivity index (χ0n) is 10.1. The number of thioether (sulfide) groups is 1. The Bertz CT molecular complexity index is 520. The third kappa shape index (κ3) is 2.57. The summed E-state index contributed by atoms with van der Waals surface area (Å²) in [6.45, 7) is 3.88. The summed E-state index contributed by atoms with van der Waals surface area (Å²) in [4.78, 5) is 14.4. The predicted molar refractivity (Wildman–Crippen MR) is 78.3 cm³/mol. The van der Waals surface area contributed by atoms with E-state index in [0.29, 0.717) is 9.23 Å². The summed E-state index contributed by atoms with van der Waals surface area (Å²) in [5.74, 6) is 0.162. The van der Waals surface area contributed by atoms with Crippen LogP contribution in [0.2, 0.25) is 0 Å². The van der Waals surface area contributed by atoms with Crippen molar-refractivity contribution in [3.8, 4) is 5.75 Å². The van der Waals surface area contributed by atoms with Crippen LogP contribution in [0.25, 0.3) is 6.08 Å². The number of phenols is 1. The number of carbonyl (C=O) groups is 1. The lowest BCUT2D eigenvalue weighted by molar-refractivity contribution is -0.123. The van der Waals surface area contributed by atoms with Crippen LogP contribution >= 0.6 is 24.0 Å². The van der Waals surface area contributed by atoms with Crippen LogP contribution in [-0.4, -0.2) is 26.3 Å². The first-order valence-corrected chi connectivity index (χ1v) is 6.77. The van der Waals surface area contributed by atoms with Crippen molar-refractivity contribution in [3.05, 3.63) is 34.7 Å². The summed E-state index contributed by atoms with van der Waals surface area (Å²) in [7, 11) is 0. The molecule has 1 aromatic rings. The van der Waals surface area contributed by atoms with E-state index in [1.165, 1.54) is 11.8 Å². The standard InChI is InChI=1S/C13H13NO2S2/c1-8(2)14-12(16)11(18-13(14)17)7-9-3-5-10(15)6-4-9/h3-8,15H,1-2H3. The molecule has 0 atom stereocenters. The van der Waals surface area contributed by atoms with Crippen molar-refractivity contribution in [3.63, 3.8) is 0 Å². The minimum atomic E-state index is -0.0481. The summed E-state index contributed by atoms with van der Waals surface area (Å²) < 4.78 is 0.597. The highest BCUT2D eigenvalue weighted by Crippen LogP contribution is 2.33. The van der Waals surface area contributed by atoms with Crippen molar-refractivity contribution in [1.82, 2.24) is 4.90 Å². The minimum absolute atomic E-state index is 0.0481. The van der Waals surface area contributed by atoms with Crippen LogP contribution in [0.4, 0.5) is 0 Å². The van der Waals surface area contributed by atoms with E-state index in [1.807, 2.05) is 13.8 Å². The van der Waals surface area contributed by atoms with Gasteiger partial charge in [0, 0.05) is 6.04 Å². The summed E-state index contributed by atoms with van der Waals surface area (Å²) in [6.07, 6.45) is 1.79. The Morgan fingerprint density at radius 1 is 1.33 bits per heavy atom. The van der Waals surface area contributed by atoms with E-state index in [4.69, 9.17) is 12.2 Å². The number of rotatable bonds is 2. The summed E-state index contributed by atoms with van der Waals surface area (Å²) in [6, 6.07) is 6.78. The van der Waals surface area contributed by atoms with E-state index in [-0.39, 0.29) is 17.7 Å². The molecule has 5 heteroatoms. The third-order valence-electron chi connectivity index (χ3n) is 2.53. The van der Waals surface area contributed by atoms with Crippen molar-refractivity contribution in [2.45, 2.75) is 19.9 Å². The van der Waals surface area contributed by atoms with Crippen molar-refractivity contribution in [2.24, 2.45) is 0 Å². The van der Waals surface area contributed by atoms with E-state index < -0.39 is 0 Å². The number of carbonyl (C=O) groups excluding carboxylic acids is 1. The fraction of sp³-hybridized carbons (Fsp3) is 0.231. The largest absolute Gasteiger partial charge is 0.508 e. The SMILES string of the molecule is CC(C)N1C(=O)C(=Cc2ccc(O)cc2)SC1=S. The number of amides is 1. The van der Waals surface area contributed by atoms with Crippen molar-refractivity contribution in [2.75, 3.05) is 0 Å². The van der Waals surface area contributed by atoms with Crippen LogP contribution in [0, 0.1) is 0 Å². The van der Waals surface area contributed by atoms with E-state index in [0.717, 1.165) is 5.56 Å². The van der Waals surface area contributed by atoms with Gasteiger partial charge in [0.2, 0.25) is 0 Å². The zero-order chi connectivity index (χ0) is 13.3. The number of phenolic OH excluding ortho intramolecular Hbond substituents is 1. The third-order valence-corrected chi connectivity index (χ3v) is 3.86. The molecule has 0 aliphatic carbocycles. The van der Waals surface area contributed by atoms with Crippen LogP contribution in [0.1, 0.15) is 19.4 Å². The molecule has 0 aromatic heterocycles. The second-order valence-corrected chi connectivity index (χ2v) is 5.91. The van der Waals surface area contributed by atoms with E-state index in [1.54, 1.807) is 35.2 Å². The summed E-state index contributed by atoms with van der Waals surface area (Å²) in [5.41, 5.74) is 0.872. The molecule has 1 N–H and O–H groups in total. The molecule has 94 valence electrons. The zero-order valence-corrected chi connectivity index (χ0v) is 11.7. The summed E-state index contributed by atoms with van der Waals surface area (Å²) in [5, 5.41) is 9.20. The number of hydrogen-bond acceptors (Lipinski definition) is 4. The highest BCUT2D eigenvalue weighted by atomic mass is 32.2. The molecule has 1 aromatic carbocycles. The Kier molecular flexibility index (Phi) is 3.73. The lowest BCUT2D eigenvalue weighted by Crippen LogP contribution is -2.34. The molecule has 0 saturated carbocycles. The molecule has 0 radical (unpaired) electrons. The van der Waals surface area contributed by atoms with E-state index in [2.05, 4.69) is 0 Å². The van der Waals surface area contributed by atoms with Gasteiger partial charge < -0.3 is 5.11 Å². The molecule has 1 fully saturated rings. The van der Waals surface area contributed by atoms with Gasteiger partial charge in [-0.2, -0.15) is 0 Å². The summed E-state index contributed by atoms with van der Waals surface area (Å²) >= 11 is 6.51. The second kappa shape index (κ2) is 5.12. The molecule has 3 nitrogen and oxygen atoms in total. The highest BCUT2D eigenvalue weighted by molar-refractivity contribution is 8.26. The first kappa shape index (κ1) is 13.1. The maximum atomic E-state index is 12.1. The lowest BCUT2D eigenvalue weighted by Gasteiger charge is -2.18.